The van der Waals surface area contributed by atoms with Crippen molar-refractivity contribution in [2.75, 3.05) is 5.01 Å². The Bertz CT molecular complexity index is 1500. The van der Waals surface area contributed by atoms with Crippen molar-refractivity contribution < 1.29 is 19.1 Å². The summed E-state index contributed by atoms with van der Waals surface area (Å²) in [5.74, 6) is -0.535. The second kappa shape index (κ2) is 7.97. The van der Waals surface area contributed by atoms with Crippen molar-refractivity contribution in [3.8, 4) is 0 Å². The van der Waals surface area contributed by atoms with E-state index in [4.69, 9.17) is 4.74 Å². The molecule has 2 aromatic carbocycles. The Balaban J connectivity index is 1.20. The first-order valence-corrected chi connectivity index (χ1v) is 13.0. The van der Waals surface area contributed by atoms with E-state index in [0.717, 1.165) is 35.9 Å². The smallest absolute Gasteiger partial charge is 0.418 e. The van der Waals surface area contributed by atoms with Gasteiger partial charge in [0.15, 0.2) is 0 Å². The number of carbonyl (C=O) groups excluding carboxylic acids is 3. The van der Waals surface area contributed by atoms with E-state index in [9.17, 15) is 14.4 Å². The van der Waals surface area contributed by atoms with Gasteiger partial charge in [0.1, 0.15) is 11.6 Å². The lowest BCUT2D eigenvalue weighted by atomic mass is 10.0. The molecule has 0 unspecified atom stereocenters. The average Bonchev–Trinajstić information content (AvgIpc) is 3.60. The van der Waals surface area contributed by atoms with Gasteiger partial charge in [-0.2, -0.15) is 5.11 Å². The Labute approximate surface area is 219 Å². The highest BCUT2D eigenvalue weighted by molar-refractivity contribution is 6.21. The zero-order valence-electron chi connectivity index (χ0n) is 21.4. The van der Waals surface area contributed by atoms with Crippen LogP contribution in [0.25, 0.3) is 10.9 Å². The molecular formula is C28H28N6O4. The third-order valence-corrected chi connectivity index (χ3v) is 7.91. The Kier molecular flexibility index (Phi) is 4.85. The van der Waals surface area contributed by atoms with Gasteiger partial charge in [0.25, 0.3) is 11.8 Å². The molecule has 10 nitrogen and oxygen atoms in total. The largest absolute Gasteiger partial charge is 0.443 e. The summed E-state index contributed by atoms with van der Waals surface area (Å²) in [6, 6.07) is 14.3. The van der Waals surface area contributed by atoms with Gasteiger partial charge in [0.05, 0.1) is 40.5 Å². The van der Waals surface area contributed by atoms with E-state index in [0.29, 0.717) is 11.1 Å². The van der Waals surface area contributed by atoms with Gasteiger partial charge in [0, 0.05) is 11.6 Å². The molecule has 2 bridgehead atoms. The van der Waals surface area contributed by atoms with Crippen LogP contribution in [0.1, 0.15) is 60.7 Å². The predicted octanol–water partition coefficient (Wildman–Crippen LogP) is 4.80. The van der Waals surface area contributed by atoms with Gasteiger partial charge in [-0.05, 0) is 70.0 Å². The Hall–Kier alpha value is -4.05. The van der Waals surface area contributed by atoms with Gasteiger partial charge in [-0.3, -0.25) is 14.2 Å². The maximum Gasteiger partial charge on any atom is 0.418 e. The molecule has 0 radical (unpaired) electrons. The molecule has 1 aromatic heterocycles. The van der Waals surface area contributed by atoms with Gasteiger partial charge in [-0.25, -0.2) is 19.8 Å². The lowest BCUT2D eigenvalue weighted by Crippen LogP contribution is -2.56. The molecule has 4 atom stereocenters. The van der Waals surface area contributed by atoms with Crippen molar-refractivity contribution in [1.82, 2.24) is 14.6 Å². The maximum atomic E-state index is 13.3. The predicted molar refractivity (Wildman–Crippen MR) is 139 cm³/mol. The molecule has 3 aromatic rings. The molecule has 0 saturated carbocycles. The number of benzene rings is 2. The van der Waals surface area contributed by atoms with Crippen LogP contribution in [0.15, 0.2) is 65.1 Å². The number of amides is 2. The van der Waals surface area contributed by atoms with Crippen molar-refractivity contribution >= 4 is 34.5 Å². The van der Waals surface area contributed by atoms with Gasteiger partial charge in [-0.15, -0.1) is 0 Å². The molecule has 0 aliphatic carbocycles. The third-order valence-electron chi connectivity index (χ3n) is 7.91. The molecule has 7 rings (SSSR count). The number of imide groups is 1. The van der Waals surface area contributed by atoms with Gasteiger partial charge in [-0.1, -0.05) is 23.8 Å². The maximum absolute atomic E-state index is 13.3. The first kappa shape index (κ1) is 23.1. The summed E-state index contributed by atoms with van der Waals surface area (Å²) in [6.45, 7) is 5.52. The molecule has 194 valence electrons. The Morgan fingerprint density at radius 3 is 2.39 bits per heavy atom. The van der Waals surface area contributed by atoms with E-state index in [1.807, 2.05) is 55.1 Å². The van der Waals surface area contributed by atoms with E-state index in [-0.39, 0.29) is 36.0 Å². The van der Waals surface area contributed by atoms with Crippen LogP contribution in [0.3, 0.4) is 0 Å². The minimum Gasteiger partial charge on any atom is -0.443 e. The molecule has 0 spiro atoms. The second-order valence-electron chi connectivity index (χ2n) is 11.4. The monoisotopic (exact) mass is 512 g/mol. The molecule has 5 heterocycles. The molecule has 0 N–H and O–H groups in total. The molecular weight excluding hydrogens is 484 g/mol. The van der Waals surface area contributed by atoms with Crippen LogP contribution in [0.5, 0.6) is 0 Å². The quantitative estimate of drug-likeness (QED) is 0.458. The number of hydrogen-bond acceptors (Lipinski definition) is 8. The van der Waals surface area contributed by atoms with Crippen molar-refractivity contribution in [3.63, 3.8) is 0 Å². The van der Waals surface area contributed by atoms with Gasteiger partial charge in [0.2, 0.25) is 0 Å². The highest BCUT2D eigenvalue weighted by Gasteiger charge is 2.60. The summed E-state index contributed by atoms with van der Waals surface area (Å²) in [5.41, 5.74) is 1.90. The topological polar surface area (TPSA) is 99.8 Å². The molecule has 2 fully saturated rings. The minimum atomic E-state index is -0.593. The van der Waals surface area contributed by atoms with Crippen LogP contribution in [0.4, 0.5) is 10.5 Å². The Morgan fingerprint density at radius 2 is 1.68 bits per heavy atom. The SMILES string of the molecule is CC(C)(C)OC(=O)n1ccc2cc(N3N=N[C@@H]4[C@H]3[C@H]3CCC[C@@H]4N3N3C(=O)c4ccccc4C3=O)ccc21. The third kappa shape index (κ3) is 3.26. The number of ether oxygens (including phenoxy) is 1. The lowest BCUT2D eigenvalue weighted by molar-refractivity contribution is -0.0435. The van der Waals surface area contributed by atoms with Crippen molar-refractivity contribution in [1.29, 1.82) is 0 Å². The van der Waals surface area contributed by atoms with E-state index in [1.54, 1.807) is 30.5 Å². The second-order valence-corrected chi connectivity index (χ2v) is 11.4. The highest BCUT2D eigenvalue weighted by atomic mass is 16.6. The first-order valence-electron chi connectivity index (χ1n) is 13.0. The van der Waals surface area contributed by atoms with E-state index in [1.165, 1.54) is 9.58 Å². The zero-order chi connectivity index (χ0) is 26.3. The summed E-state index contributed by atoms with van der Waals surface area (Å²) < 4.78 is 7.05. The van der Waals surface area contributed by atoms with Crippen molar-refractivity contribution in [2.24, 2.45) is 10.3 Å². The standard InChI is InChI=1S/C28H28N6O4/c1-28(2,3)38-27(37)31-14-13-16-15-17(11-12-20(16)31)32-24-22-10-6-9-21(23(24)29-30-32)33(22)34-25(35)18-7-4-5-8-19(18)26(34)36/h4-5,7-8,11-15,21-24H,6,9-10H2,1-3H3/t21-,22+,23-,24+/m0/s1. The molecule has 4 aliphatic rings. The summed E-state index contributed by atoms with van der Waals surface area (Å²) in [5, 5.41) is 15.4. The Morgan fingerprint density at radius 1 is 0.974 bits per heavy atom. The molecule has 38 heavy (non-hydrogen) atoms. The number of hydrogen-bond donors (Lipinski definition) is 0. The zero-order valence-corrected chi connectivity index (χ0v) is 21.4. The number of anilines is 1. The van der Waals surface area contributed by atoms with E-state index >= 15 is 0 Å². The number of carbonyl (C=O) groups is 3. The minimum absolute atomic E-state index is 0.0771. The molecule has 4 aliphatic heterocycles. The first-order chi connectivity index (χ1) is 18.2. The summed E-state index contributed by atoms with van der Waals surface area (Å²) in [6.07, 6.45) is 3.97. The summed E-state index contributed by atoms with van der Waals surface area (Å²) in [7, 11) is 0. The van der Waals surface area contributed by atoms with Crippen LogP contribution >= 0.6 is 0 Å². The van der Waals surface area contributed by atoms with Crippen molar-refractivity contribution in [3.05, 3.63) is 65.9 Å². The normalized spacial score (nSPS) is 26.4. The van der Waals surface area contributed by atoms with Crippen LogP contribution in [0.2, 0.25) is 0 Å². The van der Waals surface area contributed by atoms with E-state index < -0.39 is 11.7 Å². The van der Waals surface area contributed by atoms with Crippen LogP contribution < -0.4 is 5.01 Å². The number of nitrogens with zero attached hydrogens (tertiary/aromatic N) is 6. The molecule has 10 heteroatoms. The van der Waals surface area contributed by atoms with Crippen LogP contribution in [0, 0.1) is 0 Å². The fourth-order valence-electron chi connectivity index (χ4n) is 6.43. The number of hydrazine groups is 1. The van der Waals surface area contributed by atoms with Gasteiger partial charge < -0.3 is 4.74 Å². The average molecular weight is 513 g/mol. The lowest BCUT2D eigenvalue weighted by Gasteiger charge is -2.40. The summed E-state index contributed by atoms with van der Waals surface area (Å²) in [4.78, 5) is 39.4. The molecule has 2 saturated heterocycles. The number of aromatic nitrogens is 1. The molecule has 2 amide bonds. The van der Waals surface area contributed by atoms with Crippen LogP contribution in [-0.4, -0.2) is 62.3 Å². The fraction of sp³-hybridized carbons (Fsp3) is 0.393. The van der Waals surface area contributed by atoms with Gasteiger partial charge >= 0.3 is 6.09 Å². The fourth-order valence-corrected chi connectivity index (χ4v) is 6.43. The van der Waals surface area contributed by atoms with Crippen LogP contribution in [-0.2, 0) is 4.74 Å². The van der Waals surface area contributed by atoms with E-state index in [2.05, 4.69) is 10.3 Å². The van der Waals surface area contributed by atoms with Crippen molar-refractivity contribution in [2.45, 2.75) is 69.8 Å². The number of piperidine rings is 1. The number of rotatable bonds is 2. The highest BCUT2D eigenvalue weighted by Crippen LogP contribution is 2.47. The summed E-state index contributed by atoms with van der Waals surface area (Å²) >= 11 is 0. The number of fused-ring (bicyclic) bond motifs is 7.